The molecule has 7 heteroatoms. The Morgan fingerprint density at radius 3 is 2.68 bits per heavy atom. The summed E-state index contributed by atoms with van der Waals surface area (Å²) < 4.78 is 0. The summed E-state index contributed by atoms with van der Waals surface area (Å²) in [7, 11) is 0. The Morgan fingerprint density at radius 1 is 1.08 bits per heavy atom. The van der Waals surface area contributed by atoms with Crippen LogP contribution >= 0.6 is 11.6 Å². The van der Waals surface area contributed by atoms with Crippen molar-refractivity contribution in [3.05, 3.63) is 53.6 Å². The van der Waals surface area contributed by atoms with Crippen LogP contribution in [-0.4, -0.2) is 57.6 Å². The zero-order valence-electron chi connectivity index (χ0n) is 13.8. The predicted molar refractivity (Wildman–Crippen MR) is 101 cm³/mol. The maximum absolute atomic E-state index is 6.03. The maximum atomic E-state index is 6.03. The SMILES string of the molecule is Clc1nc(N2CCN(CC=Cc3ccccc3)CC2)c2[nH]cnc2n1. The van der Waals surface area contributed by atoms with Crippen LogP contribution in [0.1, 0.15) is 5.56 Å². The van der Waals surface area contributed by atoms with E-state index in [0.717, 1.165) is 44.1 Å². The van der Waals surface area contributed by atoms with E-state index in [4.69, 9.17) is 11.6 Å². The third kappa shape index (κ3) is 3.65. The number of anilines is 1. The number of aromatic nitrogens is 4. The second-order valence-electron chi connectivity index (χ2n) is 6.02. The standard InChI is InChI=1S/C18H19ClN6/c19-18-22-16-15(20-13-21-16)17(23-18)25-11-9-24(10-12-25)8-4-7-14-5-2-1-3-6-14/h1-7,13H,8-12H2,(H,20,21,22,23). The molecule has 0 unspecified atom stereocenters. The van der Waals surface area contributed by atoms with Gasteiger partial charge in [0.2, 0.25) is 5.28 Å². The van der Waals surface area contributed by atoms with Gasteiger partial charge in [-0.15, -0.1) is 0 Å². The summed E-state index contributed by atoms with van der Waals surface area (Å²) in [5, 5.41) is 0.239. The number of aromatic amines is 1. The van der Waals surface area contributed by atoms with Crippen molar-refractivity contribution in [3.8, 4) is 0 Å². The molecule has 6 nitrogen and oxygen atoms in total. The van der Waals surface area contributed by atoms with Gasteiger partial charge in [0.15, 0.2) is 11.5 Å². The van der Waals surface area contributed by atoms with Gasteiger partial charge in [-0.05, 0) is 17.2 Å². The van der Waals surface area contributed by atoms with Crippen LogP contribution in [0.25, 0.3) is 17.2 Å². The molecule has 3 aromatic rings. The number of hydrogen-bond donors (Lipinski definition) is 1. The number of hydrogen-bond acceptors (Lipinski definition) is 5. The number of halogens is 1. The molecular formula is C18H19ClN6. The summed E-state index contributed by atoms with van der Waals surface area (Å²) in [6.45, 7) is 4.72. The highest BCUT2D eigenvalue weighted by Crippen LogP contribution is 2.23. The van der Waals surface area contributed by atoms with Crippen LogP contribution in [-0.2, 0) is 0 Å². The van der Waals surface area contributed by atoms with E-state index >= 15 is 0 Å². The Bertz CT molecular complexity index is 868. The molecule has 1 fully saturated rings. The molecular weight excluding hydrogens is 336 g/mol. The second kappa shape index (κ2) is 7.21. The second-order valence-corrected chi connectivity index (χ2v) is 6.36. The average molecular weight is 355 g/mol. The fourth-order valence-electron chi connectivity index (χ4n) is 3.07. The number of nitrogens with one attached hydrogen (secondary N) is 1. The molecule has 4 rings (SSSR count). The van der Waals surface area contributed by atoms with Crippen molar-refractivity contribution in [2.75, 3.05) is 37.6 Å². The van der Waals surface area contributed by atoms with Crippen LogP contribution in [0.5, 0.6) is 0 Å². The minimum Gasteiger partial charge on any atom is -0.352 e. The van der Waals surface area contributed by atoms with E-state index in [2.05, 4.69) is 66.2 Å². The first-order chi connectivity index (χ1) is 12.3. The molecule has 0 amide bonds. The summed E-state index contributed by atoms with van der Waals surface area (Å²) >= 11 is 6.03. The molecule has 25 heavy (non-hydrogen) atoms. The van der Waals surface area contributed by atoms with Gasteiger partial charge in [0.05, 0.1) is 6.33 Å². The minimum atomic E-state index is 0.239. The van der Waals surface area contributed by atoms with E-state index in [0.29, 0.717) is 5.65 Å². The van der Waals surface area contributed by atoms with E-state index in [9.17, 15) is 0 Å². The number of fused-ring (bicyclic) bond motifs is 1. The van der Waals surface area contributed by atoms with E-state index in [-0.39, 0.29) is 5.28 Å². The molecule has 128 valence electrons. The predicted octanol–water partition coefficient (Wildman–Crippen LogP) is 2.84. The first-order valence-electron chi connectivity index (χ1n) is 8.35. The Balaban J connectivity index is 1.38. The number of nitrogens with zero attached hydrogens (tertiary/aromatic N) is 5. The maximum Gasteiger partial charge on any atom is 0.226 e. The fraction of sp³-hybridized carbons (Fsp3) is 0.278. The Hall–Kier alpha value is -2.44. The Morgan fingerprint density at radius 2 is 1.88 bits per heavy atom. The molecule has 1 aliphatic rings. The number of piperazine rings is 1. The lowest BCUT2D eigenvalue weighted by Crippen LogP contribution is -2.46. The van der Waals surface area contributed by atoms with Crippen molar-refractivity contribution in [3.63, 3.8) is 0 Å². The molecule has 3 heterocycles. The molecule has 0 atom stereocenters. The summed E-state index contributed by atoms with van der Waals surface area (Å²) in [5.74, 6) is 0.840. The molecule has 0 aliphatic carbocycles. The van der Waals surface area contributed by atoms with Gasteiger partial charge in [0.25, 0.3) is 0 Å². The highest BCUT2D eigenvalue weighted by atomic mass is 35.5. The molecule has 1 N–H and O–H groups in total. The van der Waals surface area contributed by atoms with Crippen molar-refractivity contribution in [2.24, 2.45) is 0 Å². The van der Waals surface area contributed by atoms with Crippen LogP contribution in [0.15, 0.2) is 42.7 Å². The molecule has 1 aromatic carbocycles. The van der Waals surface area contributed by atoms with Crippen LogP contribution in [0.3, 0.4) is 0 Å². The lowest BCUT2D eigenvalue weighted by atomic mass is 10.2. The first-order valence-corrected chi connectivity index (χ1v) is 8.73. The topological polar surface area (TPSA) is 60.9 Å². The zero-order chi connectivity index (χ0) is 17.1. The Kier molecular flexibility index (Phi) is 4.63. The third-order valence-corrected chi connectivity index (χ3v) is 4.55. The van der Waals surface area contributed by atoms with Gasteiger partial charge in [-0.25, -0.2) is 4.98 Å². The number of benzene rings is 1. The molecule has 1 aliphatic heterocycles. The van der Waals surface area contributed by atoms with Crippen molar-refractivity contribution in [2.45, 2.75) is 0 Å². The van der Waals surface area contributed by atoms with Crippen LogP contribution < -0.4 is 4.90 Å². The van der Waals surface area contributed by atoms with Crippen molar-refractivity contribution in [1.29, 1.82) is 0 Å². The summed E-state index contributed by atoms with van der Waals surface area (Å²) in [6, 6.07) is 10.4. The van der Waals surface area contributed by atoms with Crippen molar-refractivity contribution < 1.29 is 0 Å². The first kappa shape index (κ1) is 16.1. The van der Waals surface area contributed by atoms with Crippen LogP contribution in [0.4, 0.5) is 5.82 Å². The normalized spacial score (nSPS) is 16.1. The van der Waals surface area contributed by atoms with Gasteiger partial charge < -0.3 is 9.88 Å². The summed E-state index contributed by atoms with van der Waals surface area (Å²) in [5.41, 5.74) is 2.70. The van der Waals surface area contributed by atoms with Gasteiger partial charge in [0, 0.05) is 32.7 Å². The molecule has 0 radical (unpaired) electrons. The van der Waals surface area contributed by atoms with E-state index < -0.39 is 0 Å². The monoisotopic (exact) mass is 354 g/mol. The lowest BCUT2D eigenvalue weighted by Gasteiger charge is -2.34. The molecule has 2 aromatic heterocycles. The van der Waals surface area contributed by atoms with Gasteiger partial charge in [-0.3, -0.25) is 4.90 Å². The molecule has 0 spiro atoms. The summed E-state index contributed by atoms with van der Waals surface area (Å²) in [6.07, 6.45) is 6.02. The Labute approximate surface area is 151 Å². The number of rotatable bonds is 4. The number of H-pyrrole nitrogens is 1. The smallest absolute Gasteiger partial charge is 0.226 e. The van der Waals surface area contributed by atoms with Gasteiger partial charge in [-0.2, -0.15) is 9.97 Å². The largest absolute Gasteiger partial charge is 0.352 e. The lowest BCUT2D eigenvalue weighted by molar-refractivity contribution is 0.284. The van der Waals surface area contributed by atoms with Gasteiger partial charge in [-0.1, -0.05) is 42.5 Å². The van der Waals surface area contributed by atoms with Gasteiger partial charge >= 0.3 is 0 Å². The highest BCUT2D eigenvalue weighted by molar-refractivity contribution is 6.28. The fourth-order valence-corrected chi connectivity index (χ4v) is 3.23. The summed E-state index contributed by atoms with van der Waals surface area (Å²) in [4.78, 5) is 20.5. The van der Waals surface area contributed by atoms with E-state index in [1.807, 2.05) is 6.07 Å². The van der Waals surface area contributed by atoms with E-state index in [1.165, 1.54) is 5.56 Å². The van der Waals surface area contributed by atoms with E-state index in [1.54, 1.807) is 6.33 Å². The zero-order valence-corrected chi connectivity index (χ0v) is 14.5. The molecule has 0 bridgehead atoms. The van der Waals surface area contributed by atoms with Crippen molar-refractivity contribution >= 4 is 34.7 Å². The quantitative estimate of drug-likeness (QED) is 0.730. The number of imidazole rings is 1. The van der Waals surface area contributed by atoms with Gasteiger partial charge in [0.1, 0.15) is 5.52 Å². The minimum absolute atomic E-state index is 0.239. The van der Waals surface area contributed by atoms with Crippen LogP contribution in [0, 0.1) is 0 Å². The van der Waals surface area contributed by atoms with Crippen LogP contribution in [0.2, 0.25) is 5.28 Å². The molecule has 1 saturated heterocycles. The molecule has 0 saturated carbocycles. The third-order valence-electron chi connectivity index (χ3n) is 4.38. The van der Waals surface area contributed by atoms with Crippen molar-refractivity contribution in [1.82, 2.24) is 24.8 Å². The average Bonchev–Trinajstić information content (AvgIpc) is 3.11. The highest BCUT2D eigenvalue weighted by Gasteiger charge is 2.21.